The van der Waals surface area contributed by atoms with Crippen LogP contribution < -0.4 is 14.8 Å². The second-order valence-corrected chi connectivity index (χ2v) is 13.4. The van der Waals surface area contributed by atoms with Crippen LogP contribution in [0.5, 0.6) is 5.75 Å². The largest absolute Gasteiger partial charge is 0.427 e. The SMILES string of the molecule is CC(=O)Oc1ccc(N2C(=O)CC(N(CCc3ccc(S(N)(=O)=O)cc3)S(=O)(=O)c3ccc4ccccc4c3)C2=O)cc1. The number of rotatable bonds is 9. The molecule has 13 heteroatoms. The van der Waals surface area contributed by atoms with Crippen molar-refractivity contribution in [2.45, 2.75) is 35.6 Å². The molecular formula is C30H27N3O8S2. The number of ether oxygens (including phenoxy) is 1. The monoisotopic (exact) mass is 621 g/mol. The van der Waals surface area contributed by atoms with E-state index in [1.165, 1.54) is 67.6 Å². The van der Waals surface area contributed by atoms with Crippen LogP contribution >= 0.6 is 0 Å². The van der Waals surface area contributed by atoms with Crippen molar-refractivity contribution >= 4 is 54.3 Å². The molecule has 1 aliphatic heterocycles. The number of imide groups is 1. The first-order valence-corrected chi connectivity index (χ1v) is 16.1. The highest BCUT2D eigenvalue weighted by atomic mass is 32.2. The average molecular weight is 622 g/mol. The van der Waals surface area contributed by atoms with Gasteiger partial charge in [-0.05, 0) is 71.3 Å². The lowest BCUT2D eigenvalue weighted by Gasteiger charge is -2.27. The van der Waals surface area contributed by atoms with Gasteiger partial charge in [0.25, 0.3) is 5.91 Å². The van der Waals surface area contributed by atoms with Crippen LogP contribution in [-0.2, 0) is 40.9 Å². The molecule has 2 N–H and O–H groups in total. The quantitative estimate of drug-likeness (QED) is 0.170. The summed E-state index contributed by atoms with van der Waals surface area (Å²) in [7, 11) is -8.21. The first-order chi connectivity index (χ1) is 20.3. The summed E-state index contributed by atoms with van der Waals surface area (Å²) in [4.78, 5) is 38.9. The first kappa shape index (κ1) is 30.0. The zero-order valence-corrected chi connectivity index (χ0v) is 24.5. The number of hydrogen-bond acceptors (Lipinski definition) is 8. The van der Waals surface area contributed by atoms with Gasteiger partial charge in [0.2, 0.25) is 26.0 Å². The van der Waals surface area contributed by atoms with Crippen molar-refractivity contribution in [3.8, 4) is 5.75 Å². The highest BCUT2D eigenvalue weighted by molar-refractivity contribution is 7.89. The van der Waals surface area contributed by atoms with E-state index in [-0.39, 0.29) is 40.6 Å². The molecule has 4 aromatic carbocycles. The summed E-state index contributed by atoms with van der Waals surface area (Å²) in [6.07, 6.45) is -0.269. The molecular weight excluding hydrogens is 594 g/mol. The maximum absolute atomic E-state index is 14.1. The van der Waals surface area contributed by atoms with Crippen LogP contribution in [0.3, 0.4) is 0 Å². The van der Waals surface area contributed by atoms with Crippen molar-refractivity contribution < 1.29 is 36.0 Å². The first-order valence-electron chi connectivity index (χ1n) is 13.1. The fraction of sp³-hybridized carbons (Fsp3) is 0.167. The molecule has 43 heavy (non-hydrogen) atoms. The molecule has 5 rings (SSSR count). The van der Waals surface area contributed by atoms with Crippen molar-refractivity contribution in [1.29, 1.82) is 0 Å². The summed E-state index contributed by atoms with van der Waals surface area (Å²) in [5, 5.41) is 6.70. The van der Waals surface area contributed by atoms with Gasteiger partial charge in [-0.25, -0.2) is 26.9 Å². The van der Waals surface area contributed by atoms with E-state index in [1.807, 2.05) is 12.1 Å². The van der Waals surface area contributed by atoms with E-state index in [4.69, 9.17) is 9.88 Å². The Bertz CT molecular complexity index is 1940. The Morgan fingerprint density at radius 3 is 2.14 bits per heavy atom. The van der Waals surface area contributed by atoms with Gasteiger partial charge in [-0.15, -0.1) is 0 Å². The van der Waals surface area contributed by atoms with Gasteiger partial charge >= 0.3 is 5.97 Å². The minimum atomic E-state index is -4.30. The molecule has 1 heterocycles. The number of primary sulfonamides is 1. The van der Waals surface area contributed by atoms with Crippen molar-refractivity contribution in [1.82, 2.24) is 4.31 Å². The van der Waals surface area contributed by atoms with Crippen molar-refractivity contribution in [2.75, 3.05) is 11.4 Å². The molecule has 4 aromatic rings. The summed E-state index contributed by atoms with van der Waals surface area (Å²) in [5.74, 6) is -1.62. The maximum Gasteiger partial charge on any atom is 0.308 e. The Morgan fingerprint density at radius 2 is 1.51 bits per heavy atom. The number of sulfonamides is 2. The number of carbonyl (C=O) groups is 3. The summed E-state index contributed by atoms with van der Waals surface area (Å²) in [5.41, 5.74) is 0.802. The van der Waals surface area contributed by atoms with Gasteiger partial charge in [0, 0.05) is 13.5 Å². The summed E-state index contributed by atoms with van der Waals surface area (Å²) in [6.45, 7) is 1.07. The zero-order valence-electron chi connectivity index (χ0n) is 22.9. The van der Waals surface area contributed by atoms with Crippen LogP contribution in [0, 0.1) is 0 Å². The predicted molar refractivity (Wildman–Crippen MR) is 158 cm³/mol. The molecule has 0 bridgehead atoms. The zero-order chi connectivity index (χ0) is 30.9. The molecule has 0 radical (unpaired) electrons. The van der Waals surface area contributed by atoms with Crippen LogP contribution in [0.1, 0.15) is 18.9 Å². The number of nitrogens with two attached hydrogens (primary N) is 1. The summed E-state index contributed by atoms with van der Waals surface area (Å²) in [6, 6.07) is 21.9. The Balaban J connectivity index is 1.49. The molecule has 0 aliphatic carbocycles. The minimum absolute atomic E-state index is 0.0415. The number of benzene rings is 4. The lowest BCUT2D eigenvalue weighted by Crippen LogP contribution is -2.46. The number of nitrogens with zero attached hydrogens (tertiary/aromatic N) is 2. The number of anilines is 1. The van der Waals surface area contributed by atoms with E-state index >= 15 is 0 Å². The van der Waals surface area contributed by atoms with Gasteiger partial charge in [0.1, 0.15) is 11.8 Å². The molecule has 1 saturated heterocycles. The highest BCUT2D eigenvalue weighted by Gasteiger charge is 2.46. The second kappa shape index (κ2) is 11.7. The average Bonchev–Trinajstić information content (AvgIpc) is 3.25. The third-order valence-electron chi connectivity index (χ3n) is 7.03. The van der Waals surface area contributed by atoms with Crippen LogP contribution in [-0.4, -0.2) is 51.5 Å². The van der Waals surface area contributed by atoms with E-state index in [0.717, 1.165) is 14.6 Å². The Labute approximate surface area is 248 Å². The van der Waals surface area contributed by atoms with Gasteiger partial charge in [-0.3, -0.25) is 14.4 Å². The van der Waals surface area contributed by atoms with Crippen molar-refractivity contribution in [2.24, 2.45) is 5.14 Å². The van der Waals surface area contributed by atoms with Gasteiger partial charge in [-0.1, -0.05) is 42.5 Å². The molecule has 0 aromatic heterocycles. The Hall–Kier alpha value is -4.43. The smallest absolute Gasteiger partial charge is 0.308 e. The number of amides is 2. The van der Waals surface area contributed by atoms with E-state index in [1.54, 1.807) is 18.2 Å². The topological polar surface area (TPSA) is 161 Å². The van der Waals surface area contributed by atoms with Gasteiger partial charge in [0.05, 0.1) is 21.9 Å². The molecule has 2 amide bonds. The molecule has 222 valence electrons. The van der Waals surface area contributed by atoms with E-state index in [2.05, 4.69) is 0 Å². The third kappa shape index (κ3) is 6.34. The summed E-state index contributed by atoms with van der Waals surface area (Å²) >= 11 is 0. The molecule has 1 fully saturated rings. The van der Waals surface area contributed by atoms with Crippen LogP contribution in [0.2, 0.25) is 0 Å². The van der Waals surface area contributed by atoms with Crippen LogP contribution in [0.15, 0.2) is 101 Å². The van der Waals surface area contributed by atoms with Gasteiger partial charge < -0.3 is 4.74 Å². The fourth-order valence-corrected chi connectivity index (χ4v) is 7.07. The van der Waals surface area contributed by atoms with Gasteiger partial charge in [0.15, 0.2) is 0 Å². The summed E-state index contributed by atoms with van der Waals surface area (Å²) < 4.78 is 57.5. The maximum atomic E-state index is 14.1. The lowest BCUT2D eigenvalue weighted by molar-refractivity contribution is -0.132. The van der Waals surface area contributed by atoms with Crippen molar-refractivity contribution in [3.05, 3.63) is 96.6 Å². The fourth-order valence-electron chi connectivity index (χ4n) is 4.93. The van der Waals surface area contributed by atoms with Crippen LogP contribution in [0.25, 0.3) is 10.8 Å². The van der Waals surface area contributed by atoms with E-state index in [0.29, 0.717) is 10.9 Å². The minimum Gasteiger partial charge on any atom is -0.427 e. The molecule has 1 unspecified atom stereocenters. The number of fused-ring (bicyclic) bond motifs is 1. The molecule has 11 nitrogen and oxygen atoms in total. The third-order valence-corrected chi connectivity index (χ3v) is 9.86. The lowest BCUT2D eigenvalue weighted by atomic mass is 10.1. The Kier molecular flexibility index (Phi) is 8.16. The predicted octanol–water partition coefficient (Wildman–Crippen LogP) is 2.98. The molecule has 1 atom stereocenters. The Morgan fingerprint density at radius 1 is 0.884 bits per heavy atom. The van der Waals surface area contributed by atoms with E-state index in [9.17, 15) is 31.2 Å². The number of carbonyl (C=O) groups excluding carboxylic acids is 3. The molecule has 0 saturated carbocycles. The van der Waals surface area contributed by atoms with Gasteiger partial charge in [-0.2, -0.15) is 4.31 Å². The highest BCUT2D eigenvalue weighted by Crippen LogP contribution is 2.31. The number of esters is 1. The normalized spacial score (nSPS) is 15.8. The molecule has 1 aliphatic rings. The van der Waals surface area contributed by atoms with Crippen molar-refractivity contribution in [3.63, 3.8) is 0 Å². The van der Waals surface area contributed by atoms with Crippen LogP contribution in [0.4, 0.5) is 5.69 Å². The molecule has 0 spiro atoms. The second-order valence-electron chi connectivity index (χ2n) is 9.94. The van der Waals surface area contributed by atoms with E-state index < -0.39 is 43.9 Å². The number of hydrogen-bond donors (Lipinski definition) is 1. The standard InChI is InChI=1S/C30H27N3O8S2/c1-20(34)41-25-11-9-24(10-12-25)33-29(35)19-28(30(33)36)32(17-16-21-6-13-26(14-7-21)42(31,37)38)43(39,40)27-15-8-22-4-2-3-5-23(22)18-27/h2-15,18,28H,16-17,19H2,1H3,(H2,31,37,38).